The van der Waals surface area contributed by atoms with Gasteiger partial charge in [-0.05, 0) is 13.8 Å². The summed E-state index contributed by atoms with van der Waals surface area (Å²) in [5, 5.41) is 4.45. The lowest BCUT2D eigenvalue weighted by Gasteiger charge is -2.10. The van der Waals surface area contributed by atoms with Crippen LogP contribution in [0.25, 0.3) is 11.2 Å². The molecule has 2 aromatic rings. The van der Waals surface area contributed by atoms with Crippen molar-refractivity contribution in [3.63, 3.8) is 0 Å². The van der Waals surface area contributed by atoms with Crippen molar-refractivity contribution in [3.8, 4) is 0 Å². The zero-order valence-corrected chi connectivity index (χ0v) is 14.2. The Morgan fingerprint density at radius 3 is 2.57 bits per heavy atom. The highest BCUT2D eigenvalue weighted by Gasteiger charge is 2.19. The van der Waals surface area contributed by atoms with Gasteiger partial charge < -0.3 is 4.57 Å². The van der Waals surface area contributed by atoms with Gasteiger partial charge in [-0.3, -0.25) is 0 Å². The van der Waals surface area contributed by atoms with Crippen LogP contribution in [0.3, 0.4) is 0 Å². The second-order valence-corrected chi connectivity index (χ2v) is 7.78. The molecule has 0 aliphatic rings. The summed E-state index contributed by atoms with van der Waals surface area (Å²) in [7, 11) is -3.02. The minimum atomic E-state index is -3.02. The van der Waals surface area contributed by atoms with Crippen LogP contribution in [0.5, 0.6) is 0 Å². The van der Waals surface area contributed by atoms with Crippen molar-refractivity contribution >= 4 is 32.6 Å². The zero-order valence-electron chi connectivity index (χ0n) is 12.6. The van der Waals surface area contributed by atoms with Crippen LogP contribution >= 0.6 is 11.6 Å². The van der Waals surface area contributed by atoms with E-state index in [1.165, 1.54) is 0 Å². The van der Waals surface area contributed by atoms with Gasteiger partial charge in [0, 0.05) is 31.1 Å². The highest BCUT2D eigenvalue weighted by Crippen LogP contribution is 2.20. The summed E-state index contributed by atoms with van der Waals surface area (Å²) in [6.07, 6.45) is 0.617. The Morgan fingerprint density at radius 2 is 2.00 bits per heavy atom. The number of hydrogen-bond acceptors (Lipinski definition) is 4. The van der Waals surface area contributed by atoms with Gasteiger partial charge in [-0.2, -0.15) is 5.10 Å². The molecule has 0 fully saturated rings. The zero-order chi connectivity index (χ0) is 15.6. The van der Waals surface area contributed by atoms with Crippen molar-refractivity contribution in [2.24, 2.45) is 0 Å². The molecular weight excluding hydrogens is 312 g/mol. The van der Waals surface area contributed by atoms with E-state index in [0.717, 1.165) is 29.2 Å². The van der Waals surface area contributed by atoms with Crippen LogP contribution in [0.15, 0.2) is 0 Å². The Labute approximate surface area is 130 Å². The van der Waals surface area contributed by atoms with E-state index in [1.54, 1.807) is 6.92 Å². The fourth-order valence-electron chi connectivity index (χ4n) is 2.38. The molecule has 2 rings (SSSR count). The summed E-state index contributed by atoms with van der Waals surface area (Å²) < 4.78 is 27.4. The second-order valence-electron chi connectivity index (χ2n) is 4.93. The van der Waals surface area contributed by atoms with Crippen LogP contribution in [-0.4, -0.2) is 45.1 Å². The number of hydrogen-bond donors (Lipinski definition) is 0. The van der Waals surface area contributed by atoms with Gasteiger partial charge in [0.1, 0.15) is 11.3 Å². The van der Waals surface area contributed by atoms with Gasteiger partial charge in [-0.15, -0.1) is 11.6 Å². The summed E-state index contributed by atoms with van der Waals surface area (Å²) in [6, 6.07) is 0. The fourth-order valence-corrected chi connectivity index (χ4v) is 3.29. The molecule has 0 aliphatic heterocycles. The molecule has 0 saturated heterocycles. The molecule has 0 N–H and O–H groups in total. The molecule has 118 valence electrons. The van der Waals surface area contributed by atoms with E-state index in [1.807, 2.05) is 23.1 Å². The molecule has 0 bridgehead atoms. The topological polar surface area (TPSA) is 69.8 Å². The van der Waals surface area contributed by atoms with Gasteiger partial charge in [0.25, 0.3) is 0 Å². The molecule has 0 unspecified atom stereocenters. The van der Waals surface area contributed by atoms with Gasteiger partial charge in [0.15, 0.2) is 15.5 Å². The molecule has 6 nitrogen and oxygen atoms in total. The van der Waals surface area contributed by atoms with E-state index >= 15 is 0 Å². The first-order valence-corrected chi connectivity index (χ1v) is 9.48. The summed E-state index contributed by atoms with van der Waals surface area (Å²) in [5.74, 6) is 1.55. The van der Waals surface area contributed by atoms with E-state index in [-0.39, 0.29) is 11.5 Å². The van der Waals surface area contributed by atoms with Crippen LogP contribution in [-0.2, 0) is 29.3 Å². The Balaban J connectivity index is 2.49. The Hall–Kier alpha value is -1.08. The number of nitrogens with zero attached hydrogens (tertiary/aromatic N) is 4. The van der Waals surface area contributed by atoms with Crippen molar-refractivity contribution in [3.05, 3.63) is 11.5 Å². The molecule has 0 amide bonds. The molecule has 2 aromatic heterocycles. The number of alkyl halides is 1. The molecule has 0 atom stereocenters. The molecule has 2 heterocycles. The fraction of sp³-hybridized carbons (Fsp3) is 0.692. The van der Waals surface area contributed by atoms with E-state index < -0.39 is 9.84 Å². The number of sulfone groups is 1. The molecule has 8 heteroatoms. The predicted octanol–water partition coefficient (Wildman–Crippen LogP) is 1.78. The number of rotatable bonds is 7. The predicted molar refractivity (Wildman–Crippen MR) is 84.7 cm³/mol. The molecule has 0 aliphatic carbocycles. The number of aryl methyl sites for hydroxylation is 4. The van der Waals surface area contributed by atoms with Gasteiger partial charge >= 0.3 is 0 Å². The van der Waals surface area contributed by atoms with Gasteiger partial charge in [0.2, 0.25) is 0 Å². The van der Waals surface area contributed by atoms with E-state index in [2.05, 4.69) is 10.1 Å². The summed E-state index contributed by atoms with van der Waals surface area (Å²) in [6.45, 7) is 6.70. The summed E-state index contributed by atoms with van der Waals surface area (Å²) in [4.78, 5) is 4.60. The maximum Gasteiger partial charge on any atom is 0.158 e. The van der Waals surface area contributed by atoms with Gasteiger partial charge in [-0.25, -0.2) is 18.1 Å². The van der Waals surface area contributed by atoms with Crippen LogP contribution in [0, 0.1) is 6.92 Å². The lowest BCUT2D eigenvalue weighted by Crippen LogP contribution is -2.18. The van der Waals surface area contributed by atoms with Crippen LogP contribution in [0.4, 0.5) is 0 Å². The largest absolute Gasteiger partial charge is 0.312 e. The molecule has 0 spiro atoms. The molecule has 21 heavy (non-hydrogen) atoms. The monoisotopic (exact) mass is 332 g/mol. The maximum absolute atomic E-state index is 11.8. The smallest absolute Gasteiger partial charge is 0.158 e. The average molecular weight is 333 g/mol. The molecule has 0 radical (unpaired) electrons. The van der Waals surface area contributed by atoms with Crippen molar-refractivity contribution in [2.45, 2.75) is 40.3 Å². The third kappa shape index (κ3) is 3.23. The van der Waals surface area contributed by atoms with E-state index in [0.29, 0.717) is 18.8 Å². The second kappa shape index (κ2) is 6.36. The first-order chi connectivity index (χ1) is 9.93. The third-order valence-corrected chi connectivity index (χ3v) is 5.43. The number of aromatic nitrogens is 4. The SMILES string of the molecule is CCn1nc(C)c2nc(CCCl)n(CCS(=O)(=O)CC)c21. The third-order valence-electron chi connectivity index (χ3n) is 3.56. The average Bonchev–Trinajstić information content (AvgIpc) is 2.95. The molecule has 0 aromatic carbocycles. The van der Waals surface area contributed by atoms with Crippen molar-refractivity contribution in [1.82, 2.24) is 19.3 Å². The highest BCUT2D eigenvalue weighted by molar-refractivity contribution is 7.91. The number of halogens is 1. The van der Waals surface area contributed by atoms with Crippen LogP contribution < -0.4 is 0 Å². The summed E-state index contributed by atoms with van der Waals surface area (Å²) >= 11 is 5.84. The maximum atomic E-state index is 11.8. The quantitative estimate of drug-likeness (QED) is 0.725. The van der Waals surface area contributed by atoms with Crippen LogP contribution in [0.1, 0.15) is 25.4 Å². The lowest BCUT2D eigenvalue weighted by atomic mass is 10.4. The molecular formula is C13H21ClN4O2S. The number of imidazole rings is 1. The van der Waals surface area contributed by atoms with Crippen molar-refractivity contribution < 1.29 is 8.42 Å². The standard InChI is InChI=1S/C13H21ClN4O2S/c1-4-18-13-12(10(3)16-18)15-11(6-7-14)17(13)8-9-21(19,20)5-2/h4-9H2,1-3H3. The van der Waals surface area contributed by atoms with E-state index in [9.17, 15) is 8.42 Å². The minimum Gasteiger partial charge on any atom is -0.312 e. The first-order valence-electron chi connectivity index (χ1n) is 7.12. The van der Waals surface area contributed by atoms with Crippen molar-refractivity contribution in [2.75, 3.05) is 17.4 Å². The van der Waals surface area contributed by atoms with Gasteiger partial charge in [0.05, 0.1) is 11.4 Å². The van der Waals surface area contributed by atoms with Gasteiger partial charge in [-0.1, -0.05) is 6.92 Å². The molecule has 0 saturated carbocycles. The van der Waals surface area contributed by atoms with Crippen LogP contribution in [0.2, 0.25) is 0 Å². The number of fused-ring (bicyclic) bond motifs is 1. The first kappa shape index (κ1) is 16.3. The van der Waals surface area contributed by atoms with E-state index in [4.69, 9.17) is 11.6 Å². The Kier molecular flexibility index (Phi) is 4.93. The summed E-state index contributed by atoms with van der Waals surface area (Å²) in [5.41, 5.74) is 2.59. The Morgan fingerprint density at radius 1 is 1.29 bits per heavy atom. The lowest BCUT2D eigenvalue weighted by molar-refractivity contribution is 0.584. The normalized spacial score (nSPS) is 12.4. The minimum absolute atomic E-state index is 0.109. The highest BCUT2D eigenvalue weighted by atomic mass is 35.5. The Bertz CT molecular complexity index is 733. The van der Waals surface area contributed by atoms with Crippen molar-refractivity contribution in [1.29, 1.82) is 0 Å².